The molecule has 0 radical (unpaired) electrons. The zero-order chi connectivity index (χ0) is 12.1. The van der Waals surface area contributed by atoms with E-state index in [4.69, 9.17) is 5.73 Å². The molecule has 0 saturated carbocycles. The van der Waals surface area contributed by atoms with Gasteiger partial charge in [0.25, 0.3) is 0 Å². The van der Waals surface area contributed by atoms with Crippen LogP contribution in [0.1, 0.15) is 13.8 Å². The van der Waals surface area contributed by atoms with Crippen LogP contribution in [-0.2, 0) is 9.53 Å². The smallest absolute Gasteiger partial charge is 0.368 e. The molecule has 3 N–H and O–H groups in total. The zero-order valence-corrected chi connectivity index (χ0v) is 8.60. The molecule has 0 aromatic carbocycles. The largest absolute Gasteiger partial charge is 0.414 e. The maximum Gasteiger partial charge on any atom is 0.414 e. The van der Waals surface area contributed by atoms with Crippen molar-refractivity contribution in [2.24, 2.45) is 5.73 Å². The zero-order valence-electron chi connectivity index (χ0n) is 8.60. The molecular formula is C8H15F3N2O2. The van der Waals surface area contributed by atoms with Gasteiger partial charge in [0, 0.05) is 0 Å². The Labute approximate surface area is 86.0 Å². The third-order valence-electron chi connectivity index (χ3n) is 1.77. The molecule has 0 fully saturated rings. The molecular weight excluding hydrogens is 213 g/mol. The van der Waals surface area contributed by atoms with Crippen LogP contribution in [0.2, 0.25) is 0 Å². The lowest BCUT2D eigenvalue weighted by molar-refractivity contribution is -0.215. The number of halogens is 3. The molecule has 4 nitrogen and oxygen atoms in total. The number of hydrogen-bond acceptors (Lipinski definition) is 3. The second kappa shape index (κ2) is 5.92. The molecule has 0 aliphatic heterocycles. The van der Waals surface area contributed by atoms with Gasteiger partial charge in [0.1, 0.15) is 6.04 Å². The fourth-order valence-electron chi connectivity index (χ4n) is 0.823. The summed E-state index contributed by atoms with van der Waals surface area (Å²) in [5, 5.41) is 2.62. The van der Waals surface area contributed by atoms with Gasteiger partial charge in [0.05, 0.1) is 6.61 Å². The third-order valence-corrected chi connectivity index (χ3v) is 1.77. The van der Waals surface area contributed by atoms with E-state index in [1.54, 1.807) is 6.92 Å². The summed E-state index contributed by atoms with van der Waals surface area (Å²) in [4.78, 5) is 10.8. The van der Waals surface area contributed by atoms with Gasteiger partial charge in [-0.05, 0) is 13.5 Å². The van der Waals surface area contributed by atoms with Crippen LogP contribution in [0.15, 0.2) is 0 Å². The molecule has 0 heterocycles. The minimum atomic E-state index is -4.42. The highest BCUT2D eigenvalue weighted by atomic mass is 19.4. The van der Waals surface area contributed by atoms with Crippen molar-refractivity contribution in [1.82, 2.24) is 5.32 Å². The number of hydrogen-bond donors (Lipinski definition) is 2. The van der Waals surface area contributed by atoms with E-state index in [1.807, 2.05) is 0 Å². The molecule has 0 bridgehead atoms. The van der Waals surface area contributed by atoms with E-state index < -0.39 is 24.2 Å². The van der Waals surface area contributed by atoms with Crippen molar-refractivity contribution < 1.29 is 22.7 Å². The molecule has 0 spiro atoms. The van der Waals surface area contributed by atoms with Gasteiger partial charge in [-0.15, -0.1) is 0 Å². The van der Waals surface area contributed by atoms with E-state index in [1.165, 1.54) is 0 Å². The van der Waals surface area contributed by atoms with Gasteiger partial charge in [-0.1, -0.05) is 6.92 Å². The summed E-state index contributed by atoms with van der Waals surface area (Å²) in [7, 11) is 0. The fraction of sp³-hybridized carbons (Fsp3) is 0.875. The monoisotopic (exact) mass is 228 g/mol. The van der Waals surface area contributed by atoms with Crippen molar-refractivity contribution in [1.29, 1.82) is 0 Å². The van der Waals surface area contributed by atoms with Crippen molar-refractivity contribution in [2.75, 3.05) is 13.2 Å². The molecule has 15 heavy (non-hydrogen) atoms. The summed E-state index contributed by atoms with van der Waals surface area (Å²) >= 11 is 0. The van der Waals surface area contributed by atoms with Crippen LogP contribution in [0.4, 0.5) is 13.2 Å². The Morgan fingerprint density at radius 3 is 2.40 bits per heavy atom. The van der Waals surface area contributed by atoms with Crippen LogP contribution in [-0.4, -0.2) is 37.4 Å². The van der Waals surface area contributed by atoms with Crippen LogP contribution in [0.25, 0.3) is 0 Å². The number of ether oxygens (including phenoxy) is 1. The number of carbonyl (C=O) groups excluding carboxylic acids is 1. The Morgan fingerprint density at radius 2 is 2.07 bits per heavy atom. The Kier molecular flexibility index (Phi) is 5.59. The van der Waals surface area contributed by atoms with Gasteiger partial charge < -0.3 is 15.8 Å². The predicted molar refractivity (Wildman–Crippen MR) is 48.1 cm³/mol. The second-order valence-electron chi connectivity index (χ2n) is 3.03. The number of amides is 1. The van der Waals surface area contributed by atoms with Crippen molar-refractivity contribution in [2.45, 2.75) is 32.2 Å². The van der Waals surface area contributed by atoms with E-state index in [9.17, 15) is 18.0 Å². The lowest BCUT2D eigenvalue weighted by Gasteiger charge is -2.20. The predicted octanol–water partition coefficient (Wildman–Crippen LogP) is 0.417. The van der Waals surface area contributed by atoms with Gasteiger partial charge in [0.15, 0.2) is 6.10 Å². The lowest BCUT2D eigenvalue weighted by Crippen LogP contribution is -2.46. The summed E-state index contributed by atoms with van der Waals surface area (Å²) in [6, 6.07) is -0.889. The number of likely N-dealkylation sites (N-methyl/N-ethyl adjacent to an activating group) is 1. The molecule has 1 amide bonds. The first-order valence-electron chi connectivity index (χ1n) is 4.50. The van der Waals surface area contributed by atoms with Crippen molar-refractivity contribution in [3.8, 4) is 0 Å². The summed E-state index contributed by atoms with van der Waals surface area (Å²) in [5.41, 5.74) is 4.96. The maximum atomic E-state index is 12.0. The van der Waals surface area contributed by atoms with Crippen molar-refractivity contribution in [3.63, 3.8) is 0 Å². The molecule has 7 heteroatoms. The number of primary amides is 1. The van der Waals surface area contributed by atoms with Gasteiger partial charge in [-0.2, -0.15) is 13.2 Å². The van der Waals surface area contributed by atoms with E-state index in [0.29, 0.717) is 6.54 Å². The number of nitrogens with two attached hydrogens (primary N) is 1. The molecule has 0 aromatic heterocycles. The summed E-state index contributed by atoms with van der Waals surface area (Å²) in [6.45, 7) is 2.63. The van der Waals surface area contributed by atoms with Crippen molar-refractivity contribution >= 4 is 5.91 Å². The van der Waals surface area contributed by atoms with E-state index in [-0.39, 0.29) is 6.61 Å². The number of nitrogens with one attached hydrogen (secondary N) is 1. The fourth-order valence-corrected chi connectivity index (χ4v) is 0.823. The number of carbonyl (C=O) groups is 1. The normalized spacial score (nSPS) is 16.1. The molecule has 0 aromatic rings. The summed E-state index contributed by atoms with van der Waals surface area (Å²) in [6.07, 6.45) is -6.33. The SMILES string of the molecule is CCNC(COC(C)C(F)(F)F)C(N)=O. The Hall–Kier alpha value is -0.820. The first-order chi connectivity index (χ1) is 6.79. The Bertz CT molecular complexity index is 209. The minimum absolute atomic E-state index is 0.385. The van der Waals surface area contributed by atoms with Gasteiger partial charge in [-0.25, -0.2) is 0 Å². The maximum absolute atomic E-state index is 12.0. The molecule has 2 unspecified atom stereocenters. The molecule has 2 atom stereocenters. The molecule has 0 aliphatic carbocycles. The van der Waals surface area contributed by atoms with Crippen LogP contribution in [0, 0.1) is 0 Å². The van der Waals surface area contributed by atoms with Crippen molar-refractivity contribution in [3.05, 3.63) is 0 Å². The Balaban J connectivity index is 4.05. The van der Waals surface area contributed by atoms with Crippen LogP contribution in [0.3, 0.4) is 0 Å². The highest BCUT2D eigenvalue weighted by molar-refractivity contribution is 5.79. The minimum Gasteiger partial charge on any atom is -0.368 e. The highest BCUT2D eigenvalue weighted by Crippen LogP contribution is 2.22. The highest BCUT2D eigenvalue weighted by Gasteiger charge is 2.37. The van der Waals surface area contributed by atoms with Gasteiger partial charge >= 0.3 is 6.18 Å². The van der Waals surface area contributed by atoms with E-state index in [2.05, 4.69) is 10.1 Å². The molecule has 0 saturated heterocycles. The van der Waals surface area contributed by atoms with E-state index in [0.717, 1.165) is 6.92 Å². The van der Waals surface area contributed by atoms with Crippen LogP contribution >= 0.6 is 0 Å². The first kappa shape index (κ1) is 14.2. The van der Waals surface area contributed by atoms with Gasteiger partial charge in [0.2, 0.25) is 5.91 Å². The summed E-state index contributed by atoms with van der Waals surface area (Å²) in [5.74, 6) is -0.730. The average molecular weight is 228 g/mol. The van der Waals surface area contributed by atoms with Crippen LogP contribution in [0.5, 0.6) is 0 Å². The topological polar surface area (TPSA) is 64.3 Å². The third kappa shape index (κ3) is 5.58. The summed E-state index contributed by atoms with van der Waals surface area (Å²) < 4.78 is 40.6. The average Bonchev–Trinajstić information content (AvgIpc) is 2.09. The Morgan fingerprint density at radius 1 is 1.53 bits per heavy atom. The molecule has 0 aliphatic rings. The standard InChI is InChI=1S/C8H15F3N2O2/c1-3-13-6(7(12)14)4-15-5(2)8(9,10)11/h5-6,13H,3-4H2,1-2H3,(H2,12,14). The quantitative estimate of drug-likeness (QED) is 0.692. The van der Waals surface area contributed by atoms with Gasteiger partial charge in [-0.3, -0.25) is 4.79 Å². The van der Waals surface area contributed by atoms with E-state index >= 15 is 0 Å². The molecule has 0 rings (SSSR count). The van der Waals surface area contributed by atoms with Crippen LogP contribution < -0.4 is 11.1 Å². The first-order valence-corrected chi connectivity index (χ1v) is 4.50. The number of alkyl halides is 3. The number of rotatable bonds is 6. The second-order valence-corrected chi connectivity index (χ2v) is 3.03. The lowest BCUT2D eigenvalue weighted by atomic mass is 10.3. The molecule has 90 valence electrons.